The molecular formula is C81H51N7. The van der Waals surface area contributed by atoms with Crippen molar-refractivity contribution >= 4 is 87.2 Å². The Morgan fingerprint density at radius 3 is 0.795 bits per heavy atom. The first-order valence-corrected chi connectivity index (χ1v) is 29.9. The molecule has 7 heteroatoms. The Balaban J connectivity index is 0.977. The first-order chi connectivity index (χ1) is 43.6. The van der Waals surface area contributed by atoms with Crippen LogP contribution in [0.1, 0.15) is 0 Å². The van der Waals surface area contributed by atoms with Crippen molar-refractivity contribution in [3.63, 3.8) is 0 Å². The van der Waals surface area contributed by atoms with Crippen molar-refractivity contribution in [2.24, 2.45) is 0 Å². The van der Waals surface area contributed by atoms with Crippen LogP contribution in [0.5, 0.6) is 0 Å². The number of para-hydroxylation sites is 4. The molecule has 0 aliphatic heterocycles. The van der Waals surface area contributed by atoms with Crippen molar-refractivity contribution in [1.29, 1.82) is 0 Å². The molecule has 18 aromatic rings. The van der Waals surface area contributed by atoms with Crippen molar-refractivity contribution in [1.82, 2.24) is 33.2 Å². The number of nitrogens with zero attached hydrogens (tertiary/aromatic N) is 7. The highest BCUT2D eigenvalue weighted by Crippen LogP contribution is 2.43. The van der Waals surface area contributed by atoms with Crippen LogP contribution in [-0.4, -0.2) is 33.2 Å². The zero-order valence-electron chi connectivity index (χ0n) is 47.6. The van der Waals surface area contributed by atoms with Crippen LogP contribution in [0.3, 0.4) is 0 Å². The topological polar surface area (TPSA) is 58.4 Å². The van der Waals surface area contributed by atoms with Gasteiger partial charge in [-0.15, -0.1) is 0 Å². The van der Waals surface area contributed by atoms with Gasteiger partial charge >= 0.3 is 0 Å². The minimum Gasteiger partial charge on any atom is -0.309 e. The minimum atomic E-state index is 0.559. The summed E-state index contributed by atoms with van der Waals surface area (Å²) >= 11 is 0. The van der Waals surface area contributed by atoms with E-state index in [1.807, 2.05) is 36.4 Å². The third kappa shape index (κ3) is 7.88. The van der Waals surface area contributed by atoms with Crippen molar-refractivity contribution in [3.8, 4) is 79.2 Å². The summed E-state index contributed by atoms with van der Waals surface area (Å²) < 4.78 is 9.79. The molecule has 0 N–H and O–H groups in total. The average molecular weight is 1120 g/mol. The molecule has 13 aromatic carbocycles. The van der Waals surface area contributed by atoms with Crippen molar-refractivity contribution in [2.75, 3.05) is 0 Å². The predicted molar refractivity (Wildman–Crippen MR) is 364 cm³/mol. The van der Waals surface area contributed by atoms with Gasteiger partial charge < -0.3 is 18.3 Å². The van der Waals surface area contributed by atoms with E-state index in [4.69, 9.17) is 15.0 Å². The summed E-state index contributed by atoms with van der Waals surface area (Å²) in [6.45, 7) is 0. The molecule has 0 unspecified atom stereocenters. The van der Waals surface area contributed by atoms with Crippen LogP contribution >= 0.6 is 0 Å². The fraction of sp³-hybridized carbons (Fsp3) is 0. The van der Waals surface area contributed by atoms with E-state index in [0.29, 0.717) is 17.5 Å². The van der Waals surface area contributed by atoms with Crippen LogP contribution in [-0.2, 0) is 0 Å². The fourth-order valence-corrected chi connectivity index (χ4v) is 13.8. The largest absolute Gasteiger partial charge is 0.309 e. The van der Waals surface area contributed by atoms with Crippen LogP contribution in [0.4, 0.5) is 0 Å². The van der Waals surface area contributed by atoms with E-state index in [2.05, 4.69) is 291 Å². The first-order valence-electron chi connectivity index (χ1n) is 29.9. The van der Waals surface area contributed by atoms with Gasteiger partial charge in [0.1, 0.15) is 0 Å². The minimum absolute atomic E-state index is 0.559. The van der Waals surface area contributed by atoms with Gasteiger partial charge in [-0.2, -0.15) is 0 Å². The molecule has 0 bridgehead atoms. The molecule has 5 aromatic heterocycles. The average Bonchev–Trinajstić information content (AvgIpc) is 1.97. The third-order valence-corrected chi connectivity index (χ3v) is 17.8. The lowest BCUT2D eigenvalue weighted by molar-refractivity contribution is 1.07. The lowest BCUT2D eigenvalue weighted by atomic mass is 10.0. The number of rotatable bonds is 9. The summed E-state index contributed by atoms with van der Waals surface area (Å²) in [5.41, 5.74) is 20.1. The van der Waals surface area contributed by atoms with E-state index in [-0.39, 0.29) is 0 Å². The van der Waals surface area contributed by atoms with Gasteiger partial charge in [0.25, 0.3) is 0 Å². The highest BCUT2D eigenvalue weighted by Gasteiger charge is 2.23. The predicted octanol–water partition coefficient (Wildman–Crippen LogP) is 20.6. The number of hydrogen-bond acceptors (Lipinski definition) is 3. The highest BCUT2D eigenvalue weighted by molar-refractivity contribution is 6.15. The van der Waals surface area contributed by atoms with E-state index in [1.54, 1.807) is 0 Å². The molecule has 5 heterocycles. The Morgan fingerprint density at radius 2 is 0.432 bits per heavy atom. The quantitative estimate of drug-likeness (QED) is 0.145. The van der Waals surface area contributed by atoms with Gasteiger partial charge in [0.15, 0.2) is 17.5 Å². The van der Waals surface area contributed by atoms with Gasteiger partial charge in [0.2, 0.25) is 0 Å². The Labute approximate surface area is 506 Å². The molecule has 0 radical (unpaired) electrons. The molecule has 0 saturated heterocycles. The maximum absolute atomic E-state index is 5.47. The molecule has 7 nitrogen and oxygen atoms in total. The summed E-state index contributed by atoms with van der Waals surface area (Å²) in [6.07, 6.45) is 0. The molecule has 0 atom stereocenters. The SMILES string of the molecule is c1ccc(-c2ccc3c4ccc(-n5c6ccccc6c6ccccc65)cc4n(-c4cc(-c5nc(-c6ccccc6)nc(-c6ccccc6)n5)cc(-n5c6cc(-c7ccccc7)ccc6c6ccc(-n7c8ccccc8c8ccccc87)cc65)c4)c3c2)cc1. The number of fused-ring (bicyclic) bond motifs is 12. The third-order valence-electron chi connectivity index (χ3n) is 17.8. The van der Waals surface area contributed by atoms with Crippen LogP contribution in [0.25, 0.3) is 166 Å². The molecule has 18 rings (SSSR count). The summed E-state index contributed by atoms with van der Waals surface area (Å²) in [5, 5.41) is 9.44. The summed E-state index contributed by atoms with van der Waals surface area (Å²) in [5.74, 6) is 1.75. The molecule has 0 amide bonds. The van der Waals surface area contributed by atoms with E-state index >= 15 is 0 Å². The summed E-state index contributed by atoms with van der Waals surface area (Å²) in [6, 6.07) is 112. The molecule has 0 saturated carbocycles. The molecule has 410 valence electrons. The normalized spacial score (nSPS) is 11.9. The Morgan fingerprint density at radius 1 is 0.159 bits per heavy atom. The standard InChI is InChI=1S/C81H51N7/c1-5-21-52(22-6-1)56-37-41-67-69-43-39-59(85-71-33-17-13-29-63(71)64-30-14-18-34-72(64)85)50-77(69)87(75(67)47-56)61-45-58(81-83-79(54-25-9-3-10-26-54)82-80(84-81)55-27-11-4-12-28-55)46-62(49-61)88-76-48-57(53-23-7-2-8-24-53)38-42-68(76)70-44-40-60(51-78(70)88)86-73-35-19-15-31-65(73)66-32-16-20-36-74(66)86/h1-51H. The van der Waals surface area contributed by atoms with Gasteiger partial charge in [-0.05, 0) is 101 Å². The molecule has 88 heavy (non-hydrogen) atoms. The fourth-order valence-electron chi connectivity index (χ4n) is 13.8. The number of aromatic nitrogens is 7. The number of benzene rings is 13. The molecular weight excluding hydrogens is 1070 g/mol. The Hall–Kier alpha value is -11.9. The molecule has 0 aliphatic rings. The smallest absolute Gasteiger partial charge is 0.164 e. The van der Waals surface area contributed by atoms with Gasteiger partial charge in [-0.3, -0.25) is 0 Å². The van der Waals surface area contributed by atoms with E-state index in [9.17, 15) is 0 Å². The monoisotopic (exact) mass is 1120 g/mol. The van der Waals surface area contributed by atoms with Gasteiger partial charge in [0.05, 0.1) is 44.1 Å². The van der Waals surface area contributed by atoms with Crippen LogP contribution in [0, 0.1) is 0 Å². The lowest BCUT2D eigenvalue weighted by Gasteiger charge is -2.17. The van der Waals surface area contributed by atoms with E-state index in [1.165, 1.54) is 21.5 Å². The van der Waals surface area contributed by atoms with Crippen LogP contribution < -0.4 is 0 Å². The maximum atomic E-state index is 5.47. The zero-order valence-corrected chi connectivity index (χ0v) is 47.6. The molecule has 0 fully saturated rings. The van der Waals surface area contributed by atoms with Gasteiger partial charge in [0, 0.05) is 82.5 Å². The summed E-state index contributed by atoms with van der Waals surface area (Å²) in [7, 11) is 0. The lowest BCUT2D eigenvalue weighted by Crippen LogP contribution is -2.04. The zero-order chi connectivity index (χ0) is 57.8. The highest BCUT2D eigenvalue weighted by atomic mass is 15.1. The second-order valence-corrected chi connectivity index (χ2v) is 22.8. The van der Waals surface area contributed by atoms with Crippen molar-refractivity contribution in [2.45, 2.75) is 0 Å². The van der Waals surface area contributed by atoms with E-state index in [0.717, 1.165) is 127 Å². The number of hydrogen-bond donors (Lipinski definition) is 0. The Kier molecular flexibility index (Phi) is 11.2. The second-order valence-electron chi connectivity index (χ2n) is 22.8. The molecule has 0 aliphatic carbocycles. The van der Waals surface area contributed by atoms with Gasteiger partial charge in [-0.1, -0.05) is 231 Å². The summed E-state index contributed by atoms with van der Waals surface area (Å²) in [4.78, 5) is 16.1. The van der Waals surface area contributed by atoms with Crippen molar-refractivity contribution < 1.29 is 0 Å². The van der Waals surface area contributed by atoms with E-state index < -0.39 is 0 Å². The van der Waals surface area contributed by atoms with Crippen molar-refractivity contribution in [3.05, 3.63) is 309 Å². The maximum Gasteiger partial charge on any atom is 0.164 e. The van der Waals surface area contributed by atoms with Crippen LogP contribution in [0.15, 0.2) is 309 Å². The second kappa shape index (κ2) is 19.8. The Bertz CT molecular complexity index is 5340. The van der Waals surface area contributed by atoms with Crippen LogP contribution in [0.2, 0.25) is 0 Å². The van der Waals surface area contributed by atoms with Gasteiger partial charge in [-0.25, -0.2) is 15.0 Å². The molecule has 0 spiro atoms. The first kappa shape index (κ1) is 49.5.